The maximum Gasteiger partial charge on any atom is 0.322 e. The van der Waals surface area contributed by atoms with Gasteiger partial charge in [0.05, 0.1) is 0 Å². The molecular weight excluding hydrogens is 194 g/mol. The van der Waals surface area contributed by atoms with Gasteiger partial charge in [0.15, 0.2) is 0 Å². The summed E-state index contributed by atoms with van der Waals surface area (Å²) in [5.74, 6) is 0.441. The Morgan fingerprint density at radius 1 is 1.75 bits per heavy atom. The first-order valence-corrected chi connectivity index (χ1v) is 5.55. The van der Waals surface area contributed by atoms with Crippen molar-refractivity contribution in [2.75, 3.05) is 11.5 Å². The average Bonchev–Trinajstić information content (AvgIpc) is 2.04. The number of carboxylic acid groups (broad SMARTS) is 1. The second-order valence-corrected chi connectivity index (χ2v) is 3.69. The van der Waals surface area contributed by atoms with Crippen LogP contribution in [0.3, 0.4) is 0 Å². The highest BCUT2D eigenvalue weighted by molar-refractivity contribution is 7.97. The summed E-state index contributed by atoms with van der Waals surface area (Å²) in [6.45, 7) is 2.11. The smallest absolute Gasteiger partial charge is 0.322 e. The van der Waals surface area contributed by atoms with Crippen molar-refractivity contribution >= 4 is 30.5 Å². The highest BCUT2D eigenvalue weighted by atomic mass is 32.2. The second kappa shape index (κ2) is 7.76. The molecule has 2 N–H and O–H groups in total. The number of aliphatic carboxylic acids is 1. The van der Waals surface area contributed by atoms with E-state index in [1.165, 1.54) is 11.9 Å². The van der Waals surface area contributed by atoms with Crippen LogP contribution in [0.4, 0.5) is 0 Å². The first-order chi connectivity index (χ1) is 5.72. The molecule has 0 radical (unpaired) electrons. The largest absolute Gasteiger partial charge is 0.480 e. The van der Waals surface area contributed by atoms with E-state index in [-0.39, 0.29) is 0 Å². The number of carbonyl (C=O) groups is 1. The van der Waals surface area contributed by atoms with Crippen LogP contribution in [-0.4, -0.2) is 28.6 Å². The number of hydrogen-bond donors (Lipinski definition) is 3. The van der Waals surface area contributed by atoms with Gasteiger partial charge < -0.3 is 5.11 Å². The predicted molar refractivity (Wildman–Crippen MR) is 55.8 cm³/mol. The Hall–Kier alpha value is 0.130. The molecule has 0 rings (SSSR count). The molecule has 0 fully saturated rings. The normalized spacial score (nSPS) is 12.8. The lowest BCUT2D eigenvalue weighted by atomic mass is 10.4. The molecule has 0 aliphatic heterocycles. The molecule has 72 valence electrons. The lowest BCUT2D eigenvalue weighted by Gasteiger charge is -2.09. The van der Waals surface area contributed by atoms with Gasteiger partial charge in [0.2, 0.25) is 0 Å². The van der Waals surface area contributed by atoms with Gasteiger partial charge in [0, 0.05) is 11.5 Å². The highest BCUT2D eigenvalue weighted by Crippen LogP contribution is 2.02. The van der Waals surface area contributed by atoms with Crippen molar-refractivity contribution in [3.63, 3.8) is 0 Å². The first-order valence-electron chi connectivity index (χ1n) is 3.93. The molecular formula is C7H15NO2S2. The Kier molecular flexibility index (Phi) is 7.85. The quantitative estimate of drug-likeness (QED) is 0.337. The number of nitrogens with one attached hydrogen (secondary N) is 1. The van der Waals surface area contributed by atoms with Gasteiger partial charge in [-0.05, 0) is 6.42 Å². The summed E-state index contributed by atoms with van der Waals surface area (Å²) in [6.07, 6.45) is 2.24. The molecule has 0 aliphatic carbocycles. The summed E-state index contributed by atoms with van der Waals surface area (Å²) in [7, 11) is 0. The number of rotatable bonds is 7. The summed E-state index contributed by atoms with van der Waals surface area (Å²) in [5.41, 5.74) is 0. The van der Waals surface area contributed by atoms with E-state index in [0.29, 0.717) is 5.75 Å². The lowest BCUT2D eigenvalue weighted by molar-refractivity contribution is -0.138. The predicted octanol–water partition coefficient (Wildman–Crippen LogP) is 1.41. The molecule has 0 aromatic carbocycles. The third kappa shape index (κ3) is 5.74. The number of unbranched alkanes of at least 4 members (excludes halogenated alkanes) is 1. The van der Waals surface area contributed by atoms with Gasteiger partial charge in [-0.1, -0.05) is 25.3 Å². The standard InChI is InChI=1S/C7H15NO2S2/c1-2-3-4-12-8-6(5-11)7(9)10/h6,8,11H,2-5H2,1H3,(H,9,10)/t6-/m0/s1. The fourth-order valence-electron chi connectivity index (χ4n) is 0.542. The minimum absolute atomic E-state index is 0.328. The van der Waals surface area contributed by atoms with Crippen LogP contribution in [0.15, 0.2) is 0 Å². The van der Waals surface area contributed by atoms with Gasteiger partial charge in [-0.3, -0.25) is 4.79 Å². The van der Waals surface area contributed by atoms with Crippen molar-refractivity contribution in [3.8, 4) is 0 Å². The molecule has 0 heterocycles. The molecule has 3 nitrogen and oxygen atoms in total. The zero-order valence-electron chi connectivity index (χ0n) is 7.12. The Labute approximate surface area is 82.8 Å². The van der Waals surface area contributed by atoms with E-state index >= 15 is 0 Å². The fraction of sp³-hybridized carbons (Fsp3) is 0.857. The molecule has 5 heteroatoms. The van der Waals surface area contributed by atoms with Crippen molar-refractivity contribution < 1.29 is 9.90 Å². The van der Waals surface area contributed by atoms with Crippen molar-refractivity contribution in [3.05, 3.63) is 0 Å². The SMILES string of the molecule is CCCCSN[C@@H](CS)C(=O)O. The monoisotopic (exact) mass is 209 g/mol. The fourth-order valence-corrected chi connectivity index (χ4v) is 1.85. The maximum absolute atomic E-state index is 10.5. The molecule has 0 amide bonds. The van der Waals surface area contributed by atoms with Crippen LogP contribution >= 0.6 is 24.6 Å². The van der Waals surface area contributed by atoms with Crippen LogP contribution in [0, 0.1) is 0 Å². The average molecular weight is 209 g/mol. The minimum atomic E-state index is -0.839. The van der Waals surface area contributed by atoms with Crippen LogP contribution < -0.4 is 4.72 Å². The van der Waals surface area contributed by atoms with Gasteiger partial charge in [0.25, 0.3) is 0 Å². The van der Waals surface area contributed by atoms with Gasteiger partial charge >= 0.3 is 5.97 Å². The molecule has 0 aromatic rings. The van der Waals surface area contributed by atoms with Gasteiger partial charge in [-0.2, -0.15) is 12.6 Å². The molecule has 0 aliphatic rings. The van der Waals surface area contributed by atoms with Crippen molar-refractivity contribution in [1.29, 1.82) is 0 Å². The molecule has 0 spiro atoms. The second-order valence-electron chi connectivity index (χ2n) is 2.39. The van der Waals surface area contributed by atoms with Gasteiger partial charge in [-0.25, -0.2) is 4.72 Å². The molecule has 0 aromatic heterocycles. The van der Waals surface area contributed by atoms with Crippen LogP contribution in [0.1, 0.15) is 19.8 Å². The molecule has 0 bridgehead atoms. The van der Waals surface area contributed by atoms with Crippen LogP contribution in [0.25, 0.3) is 0 Å². The summed E-state index contributed by atoms with van der Waals surface area (Å²) in [6, 6.07) is -0.532. The topological polar surface area (TPSA) is 49.3 Å². The van der Waals surface area contributed by atoms with E-state index in [4.69, 9.17) is 5.11 Å². The first kappa shape index (κ1) is 12.1. The Morgan fingerprint density at radius 3 is 2.83 bits per heavy atom. The summed E-state index contributed by atoms with van der Waals surface area (Å²) in [4.78, 5) is 10.5. The van der Waals surface area contributed by atoms with E-state index in [0.717, 1.165) is 18.6 Å². The van der Waals surface area contributed by atoms with E-state index < -0.39 is 12.0 Å². The van der Waals surface area contributed by atoms with Crippen LogP contribution in [0.5, 0.6) is 0 Å². The van der Waals surface area contributed by atoms with Crippen molar-refractivity contribution in [1.82, 2.24) is 4.72 Å². The van der Waals surface area contributed by atoms with Crippen molar-refractivity contribution in [2.24, 2.45) is 0 Å². The molecule has 0 saturated carbocycles. The van der Waals surface area contributed by atoms with E-state index in [1.807, 2.05) is 0 Å². The lowest BCUT2D eigenvalue weighted by Crippen LogP contribution is -2.34. The highest BCUT2D eigenvalue weighted by Gasteiger charge is 2.13. The van der Waals surface area contributed by atoms with E-state index in [9.17, 15) is 4.79 Å². The van der Waals surface area contributed by atoms with Gasteiger partial charge in [-0.15, -0.1) is 0 Å². The Bertz CT molecular complexity index is 133. The number of hydrogen-bond acceptors (Lipinski definition) is 4. The molecule has 0 unspecified atom stereocenters. The molecule has 1 atom stereocenters. The molecule has 12 heavy (non-hydrogen) atoms. The maximum atomic E-state index is 10.5. The zero-order valence-corrected chi connectivity index (χ0v) is 8.83. The summed E-state index contributed by atoms with van der Waals surface area (Å²) >= 11 is 5.38. The van der Waals surface area contributed by atoms with Crippen molar-refractivity contribution in [2.45, 2.75) is 25.8 Å². The summed E-state index contributed by atoms with van der Waals surface area (Å²) in [5, 5.41) is 8.61. The molecule has 0 saturated heterocycles. The third-order valence-electron chi connectivity index (χ3n) is 1.31. The summed E-state index contributed by atoms with van der Waals surface area (Å²) < 4.78 is 2.84. The van der Waals surface area contributed by atoms with Crippen LogP contribution in [0.2, 0.25) is 0 Å². The minimum Gasteiger partial charge on any atom is -0.480 e. The van der Waals surface area contributed by atoms with E-state index in [1.54, 1.807) is 0 Å². The Balaban J connectivity index is 3.38. The van der Waals surface area contributed by atoms with E-state index in [2.05, 4.69) is 24.3 Å². The zero-order chi connectivity index (χ0) is 9.40. The number of thiol groups is 1. The van der Waals surface area contributed by atoms with Gasteiger partial charge in [0.1, 0.15) is 6.04 Å². The third-order valence-corrected chi connectivity index (χ3v) is 2.62. The van der Waals surface area contributed by atoms with Crippen LogP contribution in [-0.2, 0) is 4.79 Å². The Morgan fingerprint density at radius 2 is 2.42 bits per heavy atom. The number of carboxylic acids is 1.